The maximum atomic E-state index is 13.0. The number of benzene rings is 6. The predicted octanol–water partition coefficient (Wildman–Crippen LogP) is 13.6. The van der Waals surface area contributed by atoms with Crippen LogP contribution in [0.15, 0.2) is 219 Å². The zero-order valence-corrected chi connectivity index (χ0v) is 68.3. The number of aromatic nitrogens is 12. The molecule has 0 bridgehead atoms. The Bertz CT molecular complexity index is 5170. The van der Waals surface area contributed by atoms with E-state index in [1.165, 1.54) is 19.0 Å². The van der Waals surface area contributed by atoms with Gasteiger partial charge < -0.3 is 66.1 Å². The molecule has 28 heteroatoms. The Hall–Kier alpha value is -12.8. The molecule has 9 heterocycles. The summed E-state index contributed by atoms with van der Waals surface area (Å²) < 4.78 is 23.6. The van der Waals surface area contributed by atoms with E-state index in [1.54, 1.807) is 18.2 Å². The minimum atomic E-state index is -0.0180. The first-order valence-corrected chi connectivity index (χ1v) is 40.6. The number of fused-ring (bicyclic) bond motifs is 3. The lowest BCUT2D eigenvalue weighted by molar-refractivity contribution is -0.128. The maximum absolute atomic E-state index is 13.0. The van der Waals surface area contributed by atoms with Crippen molar-refractivity contribution in [3.8, 4) is 68.3 Å². The number of likely N-dealkylation sites (N-methyl/N-ethyl adjacent to an activating group) is 3. The van der Waals surface area contributed by atoms with Crippen LogP contribution in [0.4, 0.5) is 17.5 Å². The average Bonchev–Trinajstić information content (AvgIpc) is 1.62. The number of rotatable bonds is 27. The summed E-state index contributed by atoms with van der Waals surface area (Å²) in [6.07, 6.45) is 20.6. The minimum absolute atomic E-state index is 0.00915. The van der Waals surface area contributed by atoms with E-state index in [-0.39, 0.29) is 35.8 Å². The molecule has 3 unspecified atom stereocenters. The number of carbonyl (C=O) groups excluding carboxylic acids is 3. The highest BCUT2D eigenvalue weighted by Gasteiger charge is 2.32. The van der Waals surface area contributed by atoms with Crippen LogP contribution in [-0.4, -0.2) is 219 Å². The third kappa shape index (κ3) is 21.1. The summed E-state index contributed by atoms with van der Waals surface area (Å²) in [7, 11) is 6.13. The number of carbonyl (C=O) groups is 3. The van der Waals surface area contributed by atoms with Gasteiger partial charge in [0.1, 0.15) is 88.0 Å². The fourth-order valence-electron chi connectivity index (χ4n) is 14.6. The lowest BCUT2D eigenvalue weighted by atomic mass is 10.1. The molecule has 7 N–H and O–H groups in total. The van der Waals surface area contributed by atoms with Crippen LogP contribution in [0.25, 0.3) is 66.9 Å². The molecule has 6 aromatic carbocycles. The molecule has 3 amide bonds. The van der Waals surface area contributed by atoms with Crippen molar-refractivity contribution in [1.29, 1.82) is 0 Å². The summed E-state index contributed by atoms with van der Waals surface area (Å²) in [6, 6.07) is 52.6. The zero-order valence-electron chi connectivity index (χ0n) is 68.3. The highest BCUT2D eigenvalue weighted by Crippen LogP contribution is 2.40. The Balaban J connectivity index is 0.000000153. The van der Waals surface area contributed by atoms with Gasteiger partial charge in [0.25, 0.3) is 0 Å². The third-order valence-electron chi connectivity index (χ3n) is 21.3. The van der Waals surface area contributed by atoms with Gasteiger partial charge >= 0.3 is 0 Å². The van der Waals surface area contributed by atoms with Gasteiger partial charge in [-0.25, -0.2) is 43.9 Å². The van der Waals surface area contributed by atoms with Crippen molar-refractivity contribution < 1.29 is 28.6 Å². The van der Waals surface area contributed by atoms with E-state index in [4.69, 9.17) is 46.7 Å². The number of anilines is 3. The number of ether oxygens (including phenoxy) is 3. The highest BCUT2D eigenvalue weighted by molar-refractivity contribution is 6.00. The maximum Gasteiger partial charge on any atom is 0.246 e. The van der Waals surface area contributed by atoms with Gasteiger partial charge in [-0.3, -0.25) is 14.4 Å². The molecule has 612 valence electrons. The molecular weight excluding hydrogens is 1490 g/mol. The Morgan fingerprint density at radius 1 is 0.449 bits per heavy atom. The third-order valence-corrected chi connectivity index (χ3v) is 21.3. The molecule has 28 nitrogen and oxygen atoms in total. The second-order valence-corrected chi connectivity index (χ2v) is 30.0. The topological polar surface area (TPSA) is 319 Å². The number of nitrogen functional groups attached to an aromatic ring is 3. The summed E-state index contributed by atoms with van der Waals surface area (Å²) in [4.78, 5) is 77.5. The Labute approximate surface area is 688 Å². The van der Waals surface area contributed by atoms with Gasteiger partial charge in [0.05, 0.1) is 34.3 Å². The van der Waals surface area contributed by atoms with Crippen LogP contribution in [0.3, 0.4) is 0 Å². The Morgan fingerprint density at radius 3 is 1.09 bits per heavy atom. The van der Waals surface area contributed by atoms with Crippen LogP contribution in [-0.2, 0) is 14.4 Å². The van der Waals surface area contributed by atoms with Gasteiger partial charge in [-0.2, -0.15) is 15.3 Å². The van der Waals surface area contributed by atoms with Crippen LogP contribution in [0.2, 0.25) is 0 Å². The summed E-state index contributed by atoms with van der Waals surface area (Å²) in [6.45, 7) is 18.3. The van der Waals surface area contributed by atoms with Gasteiger partial charge in [-0.05, 0) is 196 Å². The van der Waals surface area contributed by atoms with E-state index in [2.05, 4.69) is 77.6 Å². The second kappa shape index (κ2) is 40.2. The quantitative estimate of drug-likeness (QED) is 0.0274. The standard InChI is InChI=1S/C30H36N8O2.2C30H35N7O2/c1-36(2)19-17-32-16-6-11-26(39)37-18-7-8-23(20-37)38-30-27(29(31)33-21-34-30)28(35-38)22-12-14-25(15-13-22)40-24-9-4-3-5-10-24;1-21(2)35(3)17-8-12-26(38)36-18-7-9-23(19-36)37-30-27(29(31)32-20-33-30)28(34-37)22-13-15-25(16-14-22)39-24-10-5-4-6-11-24;1-3-35(4-2)18-9-13-26(38)36-19-8-10-23(20-36)37-30-27(29(31)32-21-33-30)28(34-37)22-14-16-25(17-15-22)39-24-11-6-5-7-12-24/h3-6,9-15,21,23,32H,7-8,16-20H2,1-2H3,(H2,31,33,34);4-6,8,10-16,20-21,23H,7,9,17-19H2,1-3H3,(H2,31,32,33);5-7,9,11-17,21,23H,3-4,8,10,18-20H2,1-2H3,(H2,31,32,33)/b11-6+;12-8+;13-9+. The highest BCUT2D eigenvalue weighted by atomic mass is 16.5. The minimum Gasteiger partial charge on any atom is -0.457 e. The van der Waals surface area contributed by atoms with Crippen molar-refractivity contribution in [2.24, 2.45) is 0 Å². The zero-order chi connectivity index (χ0) is 82.4. The van der Waals surface area contributed by atoms with Gasteiger partial charge in [0.15, 0.2) is 16.9 Å². The van der Waals surface area contributed by atoms with E-state index in [0.717, 1.165) is 165 Å². The van der Waals surface area contributed by atoms with E-state index in [0.29, 0.717) is 83.1 Å². The number of nitrogens with one attached hydrogen (secondary N) is 1. The molecule has 15 rings (SSSR count). The monoisotopic (exact) mass is 1590 g/mol. The van der Waals surface area contributed by atoms with E-state index in [9.17, 15) is 14.4 Å². The van der Waals surface area contributed by atoms with Crippen LogP contribution < -0.4 is 36.7 Å². The van der Waals surface area contributed by atoms with Crippen LogP contribution in [0, 0.1) is 0 Å². The second-order valence-electron chi connectivity index (χ2n) is 30.0. The van der Waals surface area contributed by atoms with Crippen LogP contribution in [0.1, 0.15) is 84.3 Å². The summed E-state index contributed by atoms with van der Waals surface area (Å²) in [5, 5.41) is 20.4. The average molecular weight is 1590 g/mol. The van der Waals surface area contributed by atoms with E-state index < -0.39 is 0 Å². The van der Waals surface area contributed by atoms with E-state index >= 15 is 0 Å². The predicted molar refractivity (Wildman–Crippen MR) is 464 cm³/mol. The molecule has 0 saturated carbocycles. The molecule has 6 aromatic heterocycles. The molecule has 3 aliphatic heterocycles. The SMILES string of the molecule is CC(C)N(C)C/C=C/C(=O)N1CCCC(n2nc(-c3ccc(Oc4ccccc4)cc3)c3c(N)ncnc32)C1.CCN(CC)C/C=C/C(=O)N1CCCC(n2nc(-c3ccc(Oc4ccccc4)cc3)c3c(N)ncnc32)C1.CN(C)CCNC/C=C/C(=O)N1CCCC(n2nc(-c3ccc(Oc4ccccc4)cc3)c3c(N)ncnc32)C1. The fourth-order valence-corrected chi connectivity index (χ4v) is 14.6. The van der Waals surface area contributed by atoms with Crippen molar-refractivity contribution >= 4 is 68.3 Å². The number of piperidine rings is 3. The normalized spacial score (nSPS) is 15.9. The Morgan fingerprint density at radius 2 is 0.771 bits per heavy atom. The summed E-state index contributed by atoms with van der Waals surface area (Å²) >= 11 is 0. The van der Waals surface area contributed by atoms with Crippen molar-refractivity contribution in [3.63, 3.8) is 0 Å². The molecule has 3 aliphatic rings. The van der Waals surface area contributed by atoms with Gasteiger partial charge in [0.2, 0.25) is 17.7 Å². The van der Waals surface area contributed by atoms with Crippen molar-refractivity contribution in [2.45, 2.75) is 90.4 Å². The molecule has 3 saturated heterocycles. The van der Waals surface area contributed by atoms with Gasteiger partial charge in [-0.15, -0.1) is 0 Å². The molecule has 0 aliphatic carbocycles. The molecule has 3 atom stereocenters. The number of nitrogens with zero attached hydrogens (tertiary/aromatic N) is 18. The molecule has 12 aromatic rings. The molecule has 3 fully saturated rings. The first-order chi connectivity index (χ1) is 57.5. The molecule has 118 heavy (non-hydrogen) atoms. The van der Waals surface area contributed by atoms with Crippen molar-refractivity contribution in [2.75, 3.05) is 123 Å². The first-order valence-electron chi connectivity index (χ1n) is 40.6. The number of amides is 3. The first kappa shape index (κ1) is 83.2. The largest absolute Gasteiger partial charge is 0.457 e. The molecular formula is C90H106N22O6. The van der Waals surface area contributed by atoms with Gasteiger partial charge in [-0.1, -0.05) is 86.7 Å². The van der Waals surface area contributed by atoms with E-state index in [1.807, 2.05) is 232 Å². The number of hydrogen-bond acceptors (Lipinski definition) is 22. The number of nitrogens with two attached hydrogens (primary N) is 3. The van der Waals surface area contributed by atoms with Gasteiger partial charge in [0, 0.05) is 113 Å². The molecule has 0 spiro atoms. The lowest BCUT2D eigenvalue weighted by Gasteiger charge is -2.32. The Kier molecular flexibility index (Phi) is 28.3. The van der Waals surface area contributed by atoms with Crippen molar-refractivity contribution in [3.05, 3.63) is 219 Å². The van der Waals surface area contributed by atoms with Crippen LogP contribution in [0.5, 0.6) is 34.5 Å². The number of para-hydroxylation sites is 3. The number of likely N-dealkylation sites (tertiary alicyclic amines) is 3. The summed E-state index contributed by atoms with van der Waals surface area (Å²) in [5.41, 5.74) is 25.9. The smallest absolute Gasteiger partial charge is 0.246 e. The lowest BCUT2D eigenvalue weighted by Crippen LogP contribution is -2.40. The van der Waals surface area contributed by atoms with Crippen LogP contribution >= 0.6 is 0 Å². The fraction of sp³-hybridized carbons (Fsp3) is 0.333. The molecule has 0 radical (unpaired) electrons. The number of hydrogen-bond donors (Lipinski definition) is 4. The summed E-state index contributed by atoms with van der Waals surface area (Å²) in [5.74, 6) is 5.72. The van der Waals surface area contributed by atoms with Crippen molar-refractivity contribution in [1.82, 2.24) is 94.0 Å².